The number of thiazole rings is 1. The van der Waals surface area contributed by atoms with E-state index in [4.69, 9.17) is 4.74 Å². The minimum Gasteiger partial charge on any atom is -0.460 e. The second kappa shape index (κ2) is 12.6. The number of aromatic nitrogens is 1. The third-order valence-corrected chi connectivity index (χ3v) is 6.55. The van der Waals surface area contributed by atoms with Crippen molar-refractivity contribution < 1.29 is 23.9 Å². The fourth-order valence-corrected chi connectivity index (χ4v) is 4.64. The van der Waals surface area contributed by atoms with Crippen LogP contribution >= 0.6 is 11.3 Å². The number of hydrogen-bond donors (Lipinski definition) is 2. The zero-order valence-electron chi connectivity index (χ0n) is 21.6. The topological polar surface area (TPSA) is 114 Å². The second-order valence-electron chi connectivity index (χ2n) is 9.98. The van der Waals surface area contributed by atoms with Gasteiger partial charge in [0.25, 0.3) is 0 Å². The minimum atomic E-state index is -0.563. The standard InChI is InChI=1S/C28H33N3O5S/c1-18(16-32)8-9-22(17-33)20-7-5-6-19(14-20)21-10-11-23-24(15-21)37-27(30-23)31-26(35)29-13-12-25(34)36-28(2,3)4/h5-7,10-11,14-18,22H,8-9,12-13H2,1-4H3,(H2,29,30,31,35). The minimum absolute atomic E-state index is 0.0748. The molecule has 0 saturated carbocycles. The normalized spacial score (nSPS) is 13.0. The number of carbonyl (C=O) groups excluding carboxylic acids is 4. The summed E-state index contributed by atoms with van der Waals surface area (Å²) in [6.07, 6.45) is 3.22. The van der Waals surface area contributed by atoms with E-state index in [1.54, 1.807) is 20.8 Å². The summed E-state index contributed by atoms with van der Waals surface area (Å²) in [4.78, 5) is 51.1. The molecule has 1 aromatic heterocycles. The monoisotopic (exact) mass is 523 g/mol. The van der Waals surface area contributed by atoms with Gasteiger partial charge in [-0.3, -0.25) is 10.1 Å². The third kappa shape index (κ3) is 8.49. The van der Waals surface area contributed by atoms with Gasteiger partial charge in [-0.2, -0.15) is 0 Å². The molecular weight excluding hydrogens is 490 g/mol. The van der Waals surface area contributed by atoms with Gasteiger partial charge in [-0.15, -0.1) is 0 Å². The van der Waals surface area contributed by atoms with Gasteiger partial charge in [0.2, 0.25) is 0 Å². The Morgan fingerprint density at radius 3 is 2.51 bits per heavy atom. The highest BCUT2D eigenvalue weighted by Gasteiger charge is 2.17. The number of carbonyl (C=O) groups is 4. The van der Waals surface area contributed by atoms with Gasteiger partial charge in [0.1, 0.15) is 18.2 Å². The van der Waals surface area contributed by atoms with Crippen LogP contribution in [0.3, 0.4) is 0 Å². The number of rotatable bonds is 11. The Morgan fingerprint density at radius 1 is 1.05 bits per heavy atom. The van der Waals surface area contributed by atoms with E-state index in [1.807, 2.05) is 49.4 Å². The highest BCUT2D eigenvalue weighted by Crippen LogP contribution is 2.32. The number of benzene rings is 2. The molecule has 3 aromatic rings. The molecule has 0 spiro atoms. The first-order valence-corrected chi connectivity index (χ1v) is 13.1. The Balaban J connectivity index is 1.65. The molecule has 9 heteroatoms. The zero-order chi connectivity index (χ0) is 27.0. The number of esters is 1. The van der Waals surface area contributed by atoms with E-state index in [1.165, 1.54) is 11.3 Å². The molecule has 2 amide bonds. The summed E-state index contributed by atoms with van der Waals surface area (Å²) >= 11 is 1.35. The van der Waals surface area contributed by atoms with E-state index in [2.05, 4.69) is 15.6 Å². The number of nitrogens with one attached hydrogen (secondary N) is 2. The molecule has 1 heterocycles. The molecule has 196 valence electrons. The molecule has 3 rings (SSSR count). The summed E-state index contributed by atoms with van der Waals surface area (Å²) in [5.74, 6) is -0.715. The SMILES string of the molecule is CC(C=O)CCC(C=O)c1cccc(-c2ccc3nc(NC(=O)NCCC(=O)OC(C)(C)C)sc3c2)c1. The molecule has 0 aliphatic carbocycles. The fraction of sp³-hybridized carbons (Fsp3) is 0.393. The van der Waals surface area contributed by atoms with Crippen molar-refractivity contribution in [3.63, 3.8) is 0 Å². The third-order valence-electron chi connectivity index (χ3n) is 5.62. The molecular formula is C28H33N3O5S. The van der Waals surface area contributed by atoms with Crippen LogP contribution in [0.15, 0.2) is 42.5 Å². The molecule has 2 N–H and O–H groups in total. The van der Waals surface area contributed by atoms with E-state index in [-0.39, 0.29) is 30.8 Å². The van der Waals surface area contributed by atoms with Crippen LogP contribution in [0.2, 0.25) is 0 Å². The predicted octanol–water partition coefficient (Wildman–Crippen LogP) is 5.71. The highest BCUT2D eigenvalue weighted by atomic mass is 32.1. The van der Waals surface area contributed by atoms with E-state index < -0.39 is 11.6 Å². The molecule has 0 aliphatic rings. The van der Waals surface area contributed by atoms with E-state index >= 15 is 0 Å². The number of nitrogens with zero attached hydrogens (tertiary/aromatic N) is 1. The summed E-state index contributed by atoms with van der Waals surface area (Å²) in [6.45, 7) is 7.39. The van der Waals surface area contributed by atoms with Gasteiger partial charge in [-0.05, 0) is 62.4 Å². The van der Waals surface area contributed by atoms with Crippen LogP contribution in [0, 0.1) is 5.92 Å². The summed E-state index contributed by atoms with van der Waals surface area (Å²) < 4.78 is 6.13. The lowest BCUT2D eigenvalue weighted by Gasteiger charge is -2.19. The van der Waals surface area contributed by atoms with E-state index in [9.17, 15) is 19.2 Å². The molecule has 8 nitrogen and oxygen atoms in total. The van der Waals surface area contributed by atoms with E-state index in [0.717, 1.165) is 39.5 Å². The Kier molecular flexibility index (Phi) is 9.52. The molecule has 0 aliphatic heterocycles. The maximum absolute atomic E-state index is 12.2. The van der Waals surface area contributed by atoms with Crippen LogP contribution in [0.25, 0.3) is 21.3 Å². The molecule has 0 radical (unpaired) electrons. The summed E-state index contributed by atoms with van der Waals surface area (Å²) in [6, 6.07) is 13.3. The van der Waals surface area contributed by atoms with Crippen molar-refractivity contribution in [2.75, 3.05) is 11.9 Å². The van der Waals surface area contributed by atoms with Gasteiger partial charge >= 0.3 is 12.0 Å². The van der Waals surface area contributed by atoms with Gasteiger partial charge in [-0.1, -0.05) is 48.6 Å². The second-order valence-corrected chi connectivity index (χ2v) is 11.0. The number of urea groups is 1. The van der Waals surface area contributed by atoms with Crippen molar-refractivity contribution in [1.29, 1.82) is 0 Å². The average Bonchev–Trinajstić information content (AvgIpc) is 3.24. The molecule has 0 bridgehead atoms. The molecule has 0 saturated heterocycles. The lowest BCUT2D eigenvalue weighted by molar-refractivity contribution is -0.154. The lowest BCUT2D eigenvalue weighted by Crippen LogP contribution is -2.32. The Bertz CT molecular complexity index is 1260. The van der Waals surface area contributed by atoms with E-state index in [0.29, 0.717) is 18.0 Å². The van der Waals surface area contributed by atoms with Crippen LogP contribution in [-0.2, 0) is 19.1 Å². The van der Waals surface area contributed by atoms with Crippen LogP contribution in [0.4, 0.5) is 9.93 Å². The predicted molar refractivity (Wildman–Crippen MR) is 146 cm³/mol. The van der Waals surface area contributed by atoms with Crippen LogP contribution in [-0.4, -0.2) is 41.7 Å². The summed E-state index contributed by atoms with van der Waals surface area (Å²) in [5.41, 5.74) is 3.05. The van der Waals surface area contributed by atoms with Crippen molar-refractivity contribution in [2.24, 2.45) is 5.92 Å². The van der Waals surface area contributed by atoms with Crippen LogP contribution in [0.1, 0.15) is 58.4 Å². The first-order chi connectivity index (χ1) is 17.6. The van der Waals surface area contributed by atoms with Crippen molar-refractivity contribution in [2.45, 2.75) is 58.5 Å². The molecule has 2 unspecified atom stereocenters. The largest absolute Gasteiger partial charge is 0.460 e. The quantitative estimate of drug-likeness (QED) is 0.246. The first kappa shape index (κ1) is 28.0. The summed E-state index contributed by atoms with van der Waals surface area (Å²) in [5, 5.41) is 5.80. The lowest BCUT2D eigenvalue weighted by atomic mass is 9.90. The maximum atomic E-state index is 12.2. The van der Waals surface area contributed by atoms with Gasteiger partial charge in [0, 0.05) is 18.4 Å². The average molecular weight is 524 g/mol. The number of amides is 2. The Labute approximate surface area is 220 Å². The highest BCUT2D eigenvalue weighted by molar-refractivity contribution is 7.22. The Hall–Kier alpha value is -3.59. The van der Waals surface area contributed by atoms with Crippen molar-refractivity contribution in [1.82, 2.24) is 10.3 Å². The number of ether oxygens (including phenoxy) is 1. The first-order valence-electron chi connectivity index (χ1n) is 12.3. The molecule has 2 atom stereocenters. The molecule has 37 heavy (non-hydrogen) atoms. The van der Waals surface area contributed by atoms with Gasteiger partial charge < -0.3 is 19.6 Å². The van der Waals surface area contributed by atoms with Gasteiger partial charge in [0.05, 0.1) is 16.6 Å². The smallest absolute Gasteiger partial charge is 0.321 e. The number of hydrogen-bond acceptors (Lipinski definition) is 7. The van der Waals surface area contributed by atoms with Crippen molar-refractivity contribution in [3.05, 3.63) is 48.0 Å². The van der Waals surface area contributed by atoms with Crippen molar-refractivity contribution >= 4 is 51.3 Å². The summed E-state index contributed by atoms with van der Waals surface area (Å²) in [7, 11) is 0. The Morgan fingerprint density at radius 2 is 1.81 bits per heavy atom. The number of aldehydes is 2. The van der Waals surface area contributed by atoms with Crippen LogP contribution < -0.4 is 10.6 Å². The maximum Gasteiger partial charge on any atom is 0.321 e. The number of anilines is 1. The molecule has 0 fully saturated rings. The number of fused-ring (bicyclic) bond motifs is 1. The zero-order valence-corrected chi connectivity index (χ0v) is 22.4. The van der Waals surface area contributed by atoms with Crippen LogP contribution in [0.5, 0.6) is 0 Å². The molecule has 2 aromatic carbocycles. The van der Waals surface area contributed by atoms with Crippen molar-refractivity contribution in [3.8, 4) is 11.1 Å². The van der Waals surface area contributed by atoms with Gasteiger partial charge in [-0.25, -0.2) is 9.78 Å². The fourth-order valence-electron chi connectivity index (χ4n) is 3.74. The van der Waals surface area contributed by atoms with Gasteiger partial charge in [0.15, 0.2) is 5.13 Å².